The highest BCUT2D eigenvalue weighted by atomic mass is 79.9. The first-order chi connectivity index (χ1) is 8.30. The summed E-state index contributed by atoms with van der Waals surface area (Å²) in [7, 11) is 0. The summed E-state index contributed by atoms with van der Waals surface area (Å²) in [6.45, 7) is 5.00. The molecule has 0 aromatic rings. The average Bonchev–Trinajstić information content (AvgIpc) is 2.76. The van der Waals surface area contributed by atoms with Crippen LogP contribution in [0.5, 0.6) is 0 Å². The Bertz CT molecular complexity index is 405. The van der Waals surface area contributed by atoms with Gasteiger partial charge < -0.3 is 9.84 Å². The molecule has 0 spiro atoms. The minimum atomic E-state index is -0.728. The molecule has 5 atom stereocenters. The van der Waals surface area contributed by atoms with Crippen LogP contribution in [0.3, 0.4) is 0 Å². The maximum atomic E-state index is 10.9. The first-order valence-corrected chi connectivity index (χ1v) is 7.26. The zero-order valence-corrected chi connectivity index (χ0v) is 12.5. The fourth-order valence-corrected chi connectivity index (χ4v) is 4.09. The van der Waals surface area contributed by atoms with E-state index in [1.807, 2.05) is 0 Å². The fraction of sp³-hybridized carbons (Fsp3) is 0.786. The Hall–Kier alpha value is -0.530. The van der Waals surface area contributed by atoms with Crippen LogP contribution in [0.4, 0.5) is 0 Å². The number of aliphatic hydroxyl groups excluding tert-OH is 1. The van der Waals surface area contributed by atoms with Crippen LogP contribution in [-0.2, 0) is 9.53 Å². The van der Waals surface area contributed by atoms with Gasteiger partial charge in [0, 0.05) is 17.7 Å². The molecule has 2 aliphatic rings. The minimum Gasteiger partial charge on any atom is -0.447 e. The zero-order valence-electron chi connectivity index (χ0n) is 10.9. The first kappa shape index (κ1) is 13.9. The van der Waals surface area contributed by atoms with Crippen molar-refractivity contribution in [2.45, 2.75) is 50.1 Å². The van der Waals surface area contributed by atoms with E-state index in [2.05, 4.69) is 27.8 Å². The second-order valence-electron chi connectivity index (χ2n) is 5.81. The number of halogens is 1. The molecular formula is C14H19BrO3. The van der Waals surface area contributed by atoms with Gasteiger partial charge in [0.1, 0.15) is 0 Å². The first-order valence-electron chi connectivity index (χ1n) is 6.34. The molecule has 2 fully saturated rings. The summed E-state index contributed by atoms with van der Waals surface area (Å²) in [6.07, 6.45) is 1.77. The predicted molar refractivity (Wildman–Crippen MR) is 72.0 cm³/mol. The number of fused-ring (bicyclic) bond motifs is 2. The van der Waals surface area contributed by atoms with Crippen LogP contribution in [-0.4, -0.2) is 27.6 Å². The highest BCUT2D eigenvalue weighted by molar-refractivity contribution is 9.09. The Labute approximate surface area is 116 Å². The van der Waals surface area contributed by atoms with Crippen molar-refractivity contribution >= 4 is 21.9 Å². The van der Waals surface area contributed by atoms with Crippen LogP contribution >= 0.6 is 15.9 Å². The number of rotatable bonds is 1. The second kappa shape index (κ2) is 4.86. The standard InChI is InChI=1S/C14H19BrO3/c1-8(16)18-14(2,3)5-4-9-6-10-7-11(9)12(15)13(10)17/h9-13,17H,6-7H2,1-3H3. The van der Waals surface area contributed by atoms with E-state index in [0.29, 0.717) is 17.8 Å². The number of carbonyl (C=O) groups is 1. The third kappa shape index (κ3) is 2.73. The molecule has 2 bridgehead atoms. The molecule has 0 saturated heterocycles. The van der Waals surface area contributed by atoms with Crippen LogP contribution < -0.4 is 0 Å². The van der Waals surface area contributed by atoms with E-state index < -0.39 is 5.60 Å². The molecule has 0 radical (unpaired) electrons. The van der Waals surface area contributed by atoms with Crippen molar-refractivity contribution in [2.75, 3.05) is 0 Å². The van der Waals surface area contributed by atoms with Crippen molar-refractivity contribution in [3.8, 4) is 11.8 Å². The van der Waals surface area contributed by atoms with Crippen molar-refractivity contribution in [1.29, 1.82) is 0 Å². The number of hydrogen-bond acceptors (Lipinski definition) is 3. The Kier molecular flexibility index (Phi) is 3.75. The van der Waals surface area contributed by atoms with E-state index in [4.69, 9.17) is 4.74 Å². The van der Waals surface area contributed by atoms with Gasteiger partial charge in [-0.3, -0.25) is 4.79 Å². The summed E-state index contributed by atoms with van der Waals surface area (Å²) >= 11 is 3.56. The third-order valence-corrected chi connectivity index (χ3v) is 5.04. The summed E-state index contributed by atoms with van der Waals surface area (Å²) in [5.41, 5.74) is -0.728. The SMILES string of the molecule is CC(=O)OC(C)(C)C#CC1CC2CC1C(Br)C2O. The van der Waals surface area contributed by atoms with Gasteiger partial charge in [-0.05, 0) is 38.5 Å². The Morgan fingerprint density at radius 1 is 1.44 bits per heavy atom. The zero-order chi connectivity index (χ0) is 13.5. The Morgan fingerprint density at radius 3 is 2.61 bits per heavy atom. The molecule has 0 aromatic carbocycles. The molecule has 2 aliphatic carbocycles. The molecule has 5 unspecified atom stereocenters. The van der Waals surface area contributed by atoms with E-state index in [1.165, 1.54) is 6.92 Å². The summed E-state index contributed by atoms with van der Waals surface area (Å²) < 4.78 is 5.15. The van der Waals surface area contributed by atoms with Crippen LogP contribution in [0.1, 0.15) is 33.6 Å². The van der Waals surface area contributed by atoms with Crippen molar-refractivity contribution in [2.24, 2.45) is 17.8 Å². The maximum Gasteiger partial charge on any atom is 0.304 e. The number of alkyl halides is 1. The maximum absolute atomic E-state index is 10.9. The van der Waals surface area contributed by atoms with Crippen LogP contribution in [0.25, 0.3) is 0 Å². The molecule has 1 N–H and O–H groups in total. The monoisotopic (exact) mass is 314 g/mol. The van der Waals surface area contributed by atoms with Crippen molar-refractivity contribution in [3.05, 3.63) is 0 Å². The lowest BCUT2D eigenvalue weighted by molar-refractivity contribution is -0.148. The van der Waals surface area contributed by atoms with Crippen molar-refractivity contribution in [1.82, 2.24) is 0 Å². The van der Waals surface area contributed by atoms with E-state index >= 15 is 0 Å². The molecule has 0 aliphatic heterocycles. The van der Waals surface area contributed by atoms with E-state index in [0.717, 1.165) is 12.8 Å². The van der Waals surface area contributed by atoms with Gasteiger partial charge in [0.2, 0.25) is 0 Å². The quantitative estimate of drug-likeness (QED) is 0.458. The molecular weight excluding hydrogens is 296 g/mol. The molecule has 0 aromatic heterocycles. The lowest BCUT2D eigenvalue weighted by atomic mass is 9.87. The van der Waals surface area contributed by atoms with Gasteiger partial charge in [-0.1, -0.05) is 27.8 Å². The highest BCUT2D eigenvalue weighted by Crippen LogP contribution is 2.51. The van der Waals surface area contributed by atoms with Gasteiger partial charge in [0.05, 0.1) is 6.10 Å². The van der Waals surface area contributed by atoms with E-state index in [-0.39, 0.29) is 16.9 Å². The second-order valence-corrected chi connectivity index (χ2v) is 6.87. The lowest BCUT2D eigenvalue weighted by Crippen LogP contribution is -2.32. The smallest absolute Gasteiger partial charge is 0.304 e. The van der Waals surface area contributed by atoms with Crippen LogP contribution in [0, 0.1) is 29.6 Å². The molecule has 0 heterocycles. The lowest BCUT2D eigenvalue weighted by Gasteiger charge is -2.27. The molecule has 0 amide bonds. The molecule has 100 valence electrons. The number of esters is 1. The summed E-state index contributed by atoms with van der Waals surface area (Å²) in [5.74, 6) is 7.09. The van der Waals surface area contributed by atoms with Crippen molar-refractivity contribution in [3.63, 3.8) is 0 Å². The molecule has 4 heteroatoms. The van der Waals surface area contributed by atoms with E-state index in [1.54, 1.807) is 13.8 Å². The van der Waals surface area contributed by atoms with Gasteiger partial charge >= 0.3 is 5.97 Å². The minimum absolute atomic E-state index is 0.160. The number of hydrogen-bond donors (Lipinski definition) is 1. The number of carbonyl (C=O) groups excluding carboxylic acids is 1. The third-order valence-electron chi connectivity index (χ3n) is 3.82. The molecule has 18 heavy (non-hydrogen) atoms. The normalized spacial score (nSPS) is 38.2. The van der Waals surface area contributed by atoms with Crippen molar-refractivity contribution < 1.29 is 14.6 Å². The van der Waals surface area contributed by atoms with Gasteiger partial charge in [-0.15, -0.1) is 0 Å². The Morgan fingerprint density at radius 2 is 2.11 bits per heavy atom. The topological polar surface area (TPSA) is 46.5 Å². The van der Waals surface area contributed by atoms with Gasteiger partial charge in [0.15, 0.2) is 5.60 Å². The van der Waals surface area contributed by atoms with Crippen LogP contribution in [0.2, 0.25) is 0 Å². The number of ether oxygens (including phenoxy) is 1. The molecule has 2 saturated carbocycles. The predicted octanol–water partition coefficient (Wildman–Crippen LogP) is 2.11. The van der Waals surface area contributed by atoms with Gasteiger partial charge in [-0.25, -0.2) is 0 Å². The highest BCUT2D eigenvalue weighted by Gasteiger charge is 2.50. The summed E-state index contributed by atoms with van der Waals surface area (Å²) in [6, 6.07) is 0. The van der Waals surface area contributed by atoms with Gasteiger partial charge in [-0.2, -0.15) is 0 Å². The average molecular weight is 315 g/mol. The molecule has 3 nitrogen and oxygen atoms in total. The summed E-state index contributed by atoms with van der Waals surface area (Å²) in [5, 5.41) is 9.89. The van der Waals surface area contributed by atoms with Crippen LogP contribution in [0.15, 0.2) is 0 Å². The Balaban J connectivity index is 2.02. The van der Waals surface area contributed by atoms with Gasteiger partial charge in [0.25, 0.3) is 0 Å². The largest absolute Gasteiger partial charge is 0.447 e. The van der Waals surface area contributed by atoms with E-state index in [9.17, 15) is 9.90 Å². The molecule has 2 rings (SSSR count). The number of aliphatic hydroxyl groups is 1. The fourth-order valence-electron chi connectivity index (χ4n) is 3.07. The summed E-state index contributed by atoms with van der Waals surface area (Å²) in [4.78, 5) is 11.1.